The van der Waals surface area contributed by atoms with Gasteiger partial charge in [-0.15, -0.1) is 0 Å². The fourth-order valence-corrected chi connectivity index (χ4v) is 2.87. The number of ether oxygens (including phenoxy) is 2. The fourth-order valence-electron chi connectivity index (χ4n) is 2.87. The molecule has 2 heterocycles. The first kappa shape index (κ1) is 22.9. The van der Waals surface area contributed by atoms with Crippen molar-refractivity contribution in [1.82, 2.24) is 0 Å². The van der Waals surface area contributed by atoms with E-state index in [-0.39, 0.29) is 0 Å². The number of benzene rings is 2. The van der Waals surface area contributed by atoms with Gasteiger partial charge in [0.05, 0.1) is 0 Å². The van der Waals surface area contributed by atoms with Crippen molar-refractivity contribution < 1.29 is 27.8 Å². The van der Waals surface area contributed by atoms with E-state index >= 15 is 0 Å². The van der Waals surface area contributed by atoms with E-state index in [1.165, 1.54) is 12.2 Å². The molecule has 164 valence electrons. The molecule has 0 unspecified atom stereocenters. The molecule has 0 saturated carbocycles. The van der Waals surface area contributed by atoms with Crippen LogP contribution in [0.4, 0.5) is 8.78 Å². The predicted molar refractivity (Wildman–Crippen MR) is 119 cm³/mol. The Hall–Kier alpha value is -3.80. The van der Waals surface area contributed by atoms with Gasteiger partial charge in [-0.3, -0.25) is 0 Å². The standard InChI is InChI=1S/2C13H11FO2/c2*14-11-7-9-13(15)16-12(11)8-6-10-4-2-1-3-5-10/h2*1-9,11-12H/b2*8-6+/t2*11-,12+/m00/s1. The van der Waals surface area contributed by atoms with Gasteiger partial charge >= 0.3 is 11.9 Å². The molecule has 0 N–H and O–H groups in total. The summed E-state index contributed by atoms with van der Waals surface area (Å²) in [6.45, 7) is 0. The van der Waals surface area contributed by atoms with E-state index < -0.39 is 36.5 Å². The van der Waals surface area contributed by atoms with Crippen LogP contribution in [0, 0.1) is 0 Å². The summed E-state index contributed by atoms with van der Waals surface area (Å²) in [6.07, 6.45) is 7.06. The molecule has 0 amide bonds. The highest BCUT2D eigenvalue weighted by Gasteiger charge is 2.24. The number of carbonyl (C=O) groups is 2. The molecule has 2 aliphatic heterocycles. The SMILES string of the molecule is O=C1C=C[C@H](F)[C@@H](/C=C/c2ccccc2)O1.O=C1C=C[C@H](F)[C@@H](/C=C/c2ccccc2)O1. The molecule has 4 nitrogen and oxygen atoms in total. The van der Waals surface area contributed by atoms with Crippen LogP contribution in [-0.4, -0.2) is 36.5 Å². The smallest absolute Gasteiger partial charge is 0.331 e. The van der Waals surface area contributed by atoms with Crippen molar-refractivity contribution >= 4 is 24.1 Å². The molecule has 2 aromatic carbocycles. The van der Waals surface area contributed by atoms with Crippen molar-refractivity contribution in [2.45, 2.75) is 24.6 Å². The average molecular weight is 436 g/mol. The second-order valence-corrected chi connectivity index (χ2v) is 6.95. The molecule has 0 fully saturated rings. The number of hydrogen-bond acceptors (Lipinski definition) is 4. The average Bonchev–Trinajstić information content (AvgIpc) is 2.82. The predicted octanol–water partition coefficient (Wildman–Crippen LogP) is 5.04. The number of cyclic esters (lactones) is 2. The summed E-state index contributed by atoms with van der Waals surface area (Å²) in [4.78, 5) is 21.8. The van der Waals surface area contributed by atoms with Gasteiger partial charge < -0.3 is 9.47 Å². The Balaban J connectivity index is 0.000000181. The number of alkyl halides is 2. The Bertz CT molecular complexity index is 929. The maximum Gasteiger partial charge on any atom is 0.331 e. The van der Waals surface area contributed by atoms with E-state index in [0.717, 1.165) is 23.3 Å². The summed E-state index contributed by atoms with van der Waals surface area (Å²) < 4.78 is 36.3. The third-order valence-corrected chi connectivity index (χ3v) is 4.52. The lowest BCUT2D eigenvalue weighted by Crippen LogP contribution is -2.28. The molecule has 0 aromatic heterocycles. The van der Waals surface area contributed by atoms with Crippen molar-refractivity contribution in [3.05, 3.63) is 108 Å². The van der Waals surface area contributed by atoms with Gasteiger partial charge in [0.2, 0.25) is 0 Å². The van der Waals surface area contributed by atoms with Gasteiger partial charge in [0, 0.05) is 12.2 Å². The van der Waals surface area contributed by atoms with Crippen molar-refractivity contribution in [3.8, 4) is 0 Å². The summed E-state index contributed by atoms with van der Waals surface area (Å²) in [5.74, 6) is -1.01. The van der Waals surface area contributed by atoms with Crippen LogP contribution >= 0.6 is 0 Å². The number of rotatable bonds is 4. The minimum atomic E-state index is -1.27. The minimum Gasteiger partial charge on any atom is -0.451 e. The largest absolute Gasteiger partial charge is 0.451 e. The molecule has 4 rings (SSSR count). The van der Waals surface area contributed by atoms with E-state index in [0.29, 0.717) is 0 Å². The maximum atomic E-state index is 13.3. The highest BCUT2D eigenvalue weighted by atomic mass is 19.1. The number of halogens is 2. The monoisotopic (exact) mass is 436 g/mol. The van der Waals surface area contributed by atoms with Crippen molar-refractivity contribution in [3.63, 3.8) is 0 Å². The van der Waals surface area contributed by atoms with Crippen LogP contribution in [0.15, 0.2) is 97.1 Å². The zero-order valence-electron chi connectivity index (χ0n) is 17.1. The maximum absolute atomic E-state index is 13.3. The van der Waals surface area contributed by atoms with Crippen LogP contribution in [0.2, 0.25) is 0 Å². The summed E-state index contributed by atoms with van der Waals surface area (Å²) in [7, 11) is 0. The van der Waals surface area contributed by atoms with E-state index in [1.807, 2.05) is 60.7 Å². The van der Waals surface area contributed by atoms with Gasteiger partial charge in [0.15, 0.2) is 24.6 Å². The van der Waals surface area contributed by atoms with Crippen LogP contribution in [0.3, 0.4) is 0 Å². The molecule has 0 saturated heterocycles. The lowest BCUT2D eigenvalue weighted by atomic mass is 10.1. The lowest BCUT2D eigenvalue weighted by molar-refractivity contribution is -0.145. The molecule has 0 aliphatic carbocycles. The first-order valence-electron chi connectivity index (χ1n) is 10.0. The molecule has 4 atom stereocenters. The van der Waals surface area contributed by atoms with E-state index in [2.05, 4.69) is 0 Å². The van der Waals surface area contributed by atoms with Gasteiger partial charge in [-0.1, -0.05) is 72.8 Å². The molecular weight excluding hydrogens is 414 g/mol. The summed E-state index contributed by atoms with van der Waals surface area (Å²) in [5, 5.41) is 0. The second kappa shape index (κ2) is 11.6. The molecule has 0 radical (unpaired) electrons. The molecule has 32 heavy (non-hydrogen) atoms. The number of carbonyl (C=O) groups excluding carboxylic acids is 2. The highest BCUT2D eigenvalue weighted by molar-refractivity contribution is 5.83. The third kappa shape index (κ3) is 7.16. The first-order chi connectivity index (χ1) is 15.5. The minimum absolute atomic E-state index is 0.503. The summed E-state index contributed by atoms with van der Waals surface area (Å²) in [5.41, 5.74) is 1.89. The van der Waals surface area contributed by atoms with Crippen LogP contribution in [-0.2, 0) is 19.1 Å². The fraction of sp³-hybridized carbons (Fsp3) is 0.154. The van der Waals surface area contributed by atoms with Crippen LogP contribution in [0.1, 0.15) is 11.1 Å². The van der Waals surface area contributed by atoms with Gasteiger partial charge in [-0.05, 0) is 35.4 Å². The Labute approximate surface area is 185 Å². The summed E-state index contributed by atoms with van der Waals surface area (Å²) in [6, 6.07) is 18.9. The molecule has 2 aliphatic rings. The zero-order chi connectivity index (χ0) is 22.8. The van der Waals surface area contributed by atoms with Gasteiger partial charge in [-0.2, -0.15) is 0 Å². The van der Waals surface area contributed by atoms with Gasteiger partial charge in [0.25, 0.3) is 0 Å². The Morgan fingerprint density at radius 2 is 1.00 bits per heavy atom. The van der Waals surface area contributed by atoms with E-state index in [4.69, 9.17) is 9.47 Å². The van der Waals surface area contributed by atoms with Gasteiger partial charge in [0.1, 0.15) is 0 Å². The van der Waals surface area contributed by atoms with Crippen LogP contribution in [0.5, 0.6) is 0 Å². The Morgan fingerprint density at radius 1 is 0.625 bits per heavy atom. The van der Waals surface area contributed by atoms with Crippen molar-refractivity contribution in [2.24, 2.45) is 0 Å². The topological polar surface area (TPSA) is 52.6 Å². The quantitative estimate of drug-likeness (QED) is 0.631. The number of hydrogen-bond donors (Lipinski definition) is 0. The Kier molecular flexibility index (Phi) is 8.26. The first-order valence-corrected chi connectivity index (χ1v) is 10.0. The van der Waals surface area contributed by atoms with Crippen LogP contribution in [0.25, 0.3) is 12.2 Å². The Morgan fingerprint density at radius 3 is 1.38 bits per heavy atom. The molecule has 0 bridgehead atoms. The highest BCUT2D eigenvalue weighted by Crippen LogP contribution is 2.16. The molecular formula is C26H22F2O4. The zero-order valence-corrected chi connectivity index (χ0v) is 17.1. The second-order valence-electron chi connectivity index (χ2n) is 6.95. The van der Waals surface area contributed by atoms with E-state index in [9.17, 15) is 18.4 Å². The normalized spacial score (nSPS) is 24.7. The molecule has 6 heteroatoms. The molecule has 0 spiro atoms. The van der Waals surface area contributed by atoms with Gasteiger partial charge in [-0.25, -0.2) is 18.4 Å². The lowest BCUT2D eigenvalue weighted by Gasteiger charge is -2.18. The van der Waals surface area contributed by atoms with E-state index in [1.54, 1.807) is 24.3 Å². The summed E-state index contributed by atoms with van der Waals surface area (Å²) >= 11 is 0. The van der Waals surface area contributed by atoms with Crippen molar-refractivity contribution in [1.29, 1.82) is 0 Å². The van der Waals surface area contributed by atoms with Crippen LogP contribution < -0.4 is 0 Å². The third-order valence-electron chi connectivity index (χ3n) is 4.52. The molecule has 2 aromatic rings. The number of esters is 2. The van der Waals surface area contributed by atoms with Crippen molar-refractivity contribution in [2.75, 3.05) is 0 Å².